The van der Waals surface area contributed by atoms with Crippen molar-refractivity contribution in [2.45, 2.75) is 65.2 Å². The van der Waals surface area contributed by atoms with Gasteiger partial charge in [0.15, 0.2) is 0 Å². The number of carbonyl (C=O) groups is 2. The van der Waals surface area contributed by atoms with Gasteiger partial charge in [-0.1, -0.05) is 12.2 Å². The number of rotatable bonds is 15. The molecule has 0 aromatic carbocycles. The fourth-order valence-corrected chi connectivity index (χ4v) is 5.09. The predicted molar refractivity (Wildman–Crippen MR) is 160 cm³/mol. The minimum atomic E-state index is -0.235. The van der Waals surface area contributed by atoms with Crippen LogP contribution in [0.5, 0.6) is 0 Å². The van der Waals surface area contributed by atoms with Crippen LogP contribution >= 0.6 is 12.2 Å². The third kappa shape index (κ3) is 15.3. The molecule has 2 saturated heterocycles. The Morgan fingerprint density at radius 2 is 1.59 bits per heavy atom. The molecule has 0 amide bonds. The van der Waals surface area contributed by atoms with Crippen molar-refractivity contribution in [3.63, 3.8) is 0 Å². The van der Waals surface area contributed by atoms with Crippen molar-refractivity contribution in [1.82, 2.24) is 10.3 Å². The molecule has 2 unspecified atom stereocenters. The molecule has 0 bridgehead atoms. The zero-order valence-corrected chi connectivity index (χ0v) is 25.6. The second-order valence-electron chi connectivity index (χ2n) is 10.6. The van der Waals surface area contributed by atoms with Crippen molar-refractivity contribution in [1.29, 1.82) is 5.26 Å². The zero-order valence-electron chi connectivity index (χ0n) is 24.8. The fraction of sp³-hybridized carbons (Fsp3) is 0.733. The minimum absolute atomic E-state index is 0.200. The summed E-state index contributed by atoms with van der Waals surface area (Å²) in [5, 5.41) is 12.7. The first-order valence-electron chi connectivity index (χ1n) is 14.9. The summed E-state index contributed by atoms with van der Waals surface area (Å²) >= 11 is 5.21. The lowest BCUT2D eigenvalue weighted by Gasteiger charge is -2.34. The highest BCUT2D eigenvalue weighted by Gasteiger charge is 2.22. The van der Waals surface area contributed by atoms with Crippen LogP contribution in [0, 0.1) is 27.8 Å². The SMILES string of the molecule is CC(=O)OCCCCOCC1CCCN(c2cc[nH]c(=S)c2C#N)C1.CC(=O)OCCCCOCC1CCCNC1. The number of aromatic amines is 1. The summed E-state index contributed by atoms with van der Waals surface area (Å²) in [6.07, 6.45) is 10.1. The number of nitrogens with one attached hydrogen (secondary N) is 2. The van der Waals surface area contributed by atoms with Gasteiger partial charge in [0.2, 0.25) is 0 Å². The Bertz CT molecular complexity index is 992. The molecule has 2 N–H and O–H groups in total. The van der Waals surface area contributed by atoms with Gasteiger partial charge in [-0.3, -0.25) is 9.59 Å². The van der Waals surface area contributed by atoms with Crippen LogP contribution < -0.4 is 10.2 Å². The van der Waals surface area contributed by atoms with Crippen LogP contribution in [0.4, 0.5) is 5.69 Å². The van der Waals surface area contributed by atoms with Crippen molar-refractivity contribution >= 4 is 29.8 Å². The summed E-state index contributed by atoms with van der Waals surface area (Å²) in [6, 6.07) is 4.13. The summed E-state index contributed by atoms with van der Waals surface area (Å²) in [5.74, 6) is 0.698. The highest BCUT2D eigenvalue weighted by atomic mass is 32.1. The quantitative estimate of drug-likeness (QED) is 0.170. The Morgan fingerprint density at radius 3 is 2.17 bits per heavy atom. The molecule has 11 heteroatoms. The van der Waals surface area contributed by atoms with Crippen molar-refractivity contribution in [2.24, 2.45) is 11.8 Å². The van der Waals surface area contributed by atoms with E-state index in [1.54, 1.807) is 6.20 Å². The lowest BCUT2D eigenvalue weighted by atomic mass is 9.98. The van der Waals surface area contributed by atoms with E-state index in [9.17, 15) is 14.9 Å². The normalized spacial score (nSPS) is 18.5. The zero-order chi connectivity index (χ0) is 29.7. The Kier molecular flexibility index (Phi) is 18.0. The first-order valence-corrected chi connectivity index (χ1v) is 15.3. The number of nitrogens with zero attached hydrogens (tertiary/aromatic N) is 2. The molecule has 1 aromatic heterocycles. The number of H-pyrrole nitrogens is 1. The molecule has 2 aliphatic rings. The number of esters is 2. The highest BCUT2D eigenvalue weighted by molar-refractivity contribution is 7.71. The second-order valence-corrected chi connectivity index (χ2v) is 11.0. The monoisotopic (exact) mass is 592 g/mol. The van der Waals surface area contributed by atoms with Gasteiger partial charge in [-0.25, -0.2) is 0 Å². The van der Waals surface area contributed by atoms with Crippen LogP contribution in [-0.2, 0) is 28.5 Å². The molecule has 0 radical (unpaired) electrons. The van der Waals surface area contributed by atoms with Gasteiger partial charge in [-0.15, -0.1) is 0 Å². The predicted octanol–water partition coefficient (Wildman–Crippen LogP) is 4.54. The molecule has 10 nitrogen and oxygen atoms in total. The Morgan fingerprint density at radius 1 is 0.976 bits per heavy atom. The maximum Gasteiger partial charge on any atom is 0.302 e. The van der Waals surface area contributed by atoms with Gasteiger partial charge in [0.1, 0.15) is 16.3 Å². The van der Waals surface area contributed by atoms with Crippen LogP contribution in [0.2, 0.25) is 0 Å². The number of nitriles is 1. The number of ether oxygens (including phenoxy) is 4. The number of piperidine rings is 2. The molecule has 2 fully saturated rings. The largest absolute Gasteiger partial charge is 0.466 e. The lowest BCUT2D eigenvalue weighted by molar-refractivity contribution is -0.142. The van der Waals surface area contributed by atoms with Gasteiger partial charge in [0.05, 0.1) is 32.1 Å². The first kappa shape index (κ1) is 34.7. The van der Waals surface area contributed by atoms with Gasteiger partial charge in [0.25, 0.3) is 0 Å². The Hall–Kier alpha value is -2.52. The van der Waals surface area contributed by atoms with Crippen molar-refractivity contribution in [2.75, 3.05) is 70.7 Å². The maximum atomic E-state index is 10.7. The van der Waals surface area contributed by atoms with Crippen LogP contribution in [-0.4, -0.2) is 82.7 Å². The number of anilines is 1. The van der Waals surface area contributed by atoms with E-state index in [1.807, 2.05) is 6.07 Å². The molecule has 41 heavy (non-hydrogen) atoms. The van der Waals surface area contributed by atoms with Gasteiger partial charge in [-0.05, 0) is 75.8 Å². The maximum absolute atomic E-state index is 10.7. The van der Waals surface area contributed by atoms with E-state index < -0.39 is 0 Å². The van der Waals surface area contributed by atoms with Gasteiger partial charge in [0, 0.05) is 52.9 Å². The summed E-state index contributed by atoms with van der Waals surface area (Å²) in [6.45, 7) is 10.9. The third-order valence-corrected chi connectivity index (χ3v) is 7.32. The van der Waals surface area contributed by atoms with Gasteiger partial charge < -0.3 is 34.1 Å². The fourth-order valence-electron chi connectivity index (χ4n) is 4.87. The summed E-state index contributed by atoms with van der Waals surface area (Å²) in [7, 11) is 0. The second kappa shape index (κ2) is 21.2. The number of pyridine rings is 1. The summed E-state index contributed by atoms with van der Waals surface area (Å²) in [5.41, 5.74) is 1.46. The Balaban J connectivity index is 0.000000317. The summed E-state index contributed by atoms with van der Waals surface area (Å²) < 4.78 is 21.6. The average molecular weight is 593 g/mol. The molecule has 2 atom stereocenters. The molecule has 0 aliphatic carbocycles. The summed E-state index contributed by atoms with van der Waals surface area (Å²) in [4.78, 5) is 26.3. The van der Waals surface area contributed by atoms with E-state index in [0.29, 0.717) is 48.5 Å². The molecule has 3 heterocycles. The highest BCUT2D eigenvalue weighted by Crippen LogP contribution is 2.26. The first-order chi connectivity index (χ1) is 19.9. The van der Waals surface area contributed by atoms with Gasteiger partial charge in [-0.2, -0.15) is 5.26 Å². The molecule has 3 rings (SSSR count). The van der Waals surface area contributed by atoms with E-state index in [2.05, 4.69) is 21.3 Å². The number of aromatic nitrogens is 1. The van der Waals surface area contributed by atoms with Crippen molar-refractivity contribution < 1.29 is 28.5 Å². The molecular weight excluding hydrogens is 544 g/mol. The van der Waals surface area contributed by atoms with Crippen LogP contribution in [0.3, 0.4) is 0 Å². The van der Waals surface area contributed by atoms with E-state index in [4.69, 9.17) is 31.2 Å². The third-order valence-electron chi connectivity index (χ3n) is 6.99. The standard InChI is InChI=1S/C18H25N3O3S.C12H23NO3/c1-14(22)24-10-3-2-9-23-13-15-5-4-8-21(12-15)17-6-7-20-18(25)16(17)11-19;1-11(14)16-8-3-2-7-15-10-12-5-4-6-13-9-12/h6-7,15H,2-5,8-10,12-13H2,1H3,(H,20,25);12-13H,2-10H2,1H3. The van der Waals surface area contributed by atoms with Crippen molar-refractivity contribution in [3.8, 4) is 6.07 Å². The number of carbonyl (C=O) groups excluding carboxylic acids is 2. The van der Waals surface area contributed by atoms with E-state index >= 15 is 0 Å². The molecule has 0 spiro atoms. The Labute approximate surface area is 250 Å². The number of hydrogen-bond donors (Lipinski definition) is 2. The van der Waals surface area contributed by atoms with Crippen LogP contribution in [0.15, 0.2) is 12.3 Å². The van der Waals surface area contributed by atoms with Gasteiger partial charge >= 0.3 is 11.9 Å². The van der Waals surface area contributed by atoms with E-state index in [0.717, 1.165) is 83.6 Å². The van der Waals surface area contributed by atoms with Crippen LogP contribution in [0.1, 0.15) is 70.8 Å². The minimum Gasteiger partial charge on any atom is -0.466 e. The van der Waals surface area contributed by atoms with Crippen LogP contribution in [0.25, 0.3) is 0 Å². The molecule has 0 saturated carbocycles. The molecular formula is C30H48N4O6S. The topological polar surface area (TPSA) is 126 Å². The molecule has 230 valence electrons. The number of unbranched alkanes of at least 4 members (excludes halogenated alkanes) is 2. The van der Waals surface area contributed by atoms with E-state index in [1.165, 1.54) is 26.7 Å². The number of hydrogen-bond acceptors (Lipinski definition) is 10. The molecule has 1 aromatic rings. The molecule has 2 aliphatic heterocycles. The van der Waals surface area contributed by atoms with Crippen molar-refractivity contribution in [3.05, 3.63) is 22.5 Å². The average Bonchev–Trinajstić information content (AvgIpc) is 2.97. The lowest BCUT2D eigenvalue weighted by Crippen LogP contribution is -2.37. The smallest absolute Gasteiger partial charge is 0.302 e. The van der Waals surface area contributed by atoms with E-state index in [-0.39, 0.29) is 11.9 Å².